The van der Waals surface area contributed by atoms with Crippen LogP contribution in [0.15, 0.2) is 35.3 Å². The molecule has 1 unspecified atom stereocenters. The van der Waals surface area contributed by atoms with E-state index in [1.165, 1.54) is 11.8 Å². The number of guanidine groups is 1. The highest BCUT2D eigenvalue weighted by atomic mass is 32.2. The van der Waals surface area contributed by atoms with Gasteiger partial charge in [0.2, 0.25) is 0 Å². The predicted octanol–water partition coefficient (Wildman–Crippen LogP) is 1.69. The van der Waals surface area contributed by atoms with Gasteiger partial charge in [-0.25, -0.2) is 0 Å². The van der Waals surface area contributed by atoms with Gasteiger partial charge in [0.1, 0.15) is 0 Å². The summed E-state index contributed by atoms with van der Waals surface area (Å²) in [6.45, 7) is 2.01. The van der Waals surface area contributed by atoms with E-state index in [1.807, 2.05) is 37.3 Å². The normalized spacial score (nSPS) is 11.8. The molecule has 0 fully saturated rings. The summed E-state index contributed by atoms with van der Waals surface area (Å²) < 4.78 is 0. The largest absolute Gasteiger partial charge is 0.370 e. The fourth-order valence-corrected chi connectivity index (χ4v) is 1.89. The average Bonchev–Trinajstić information content (AvgIpc) is 2.17. The lowest BCUT2D eigenvalue weighted by molar-refractivity contribution is 1.11. The van der Waals surface area contributed by atoms with Crippen LogP contribution in [0.2, 0.25) is 0 Å². The lowest BCUT2D eigenvalue weighted by Gasteiger charge is -2.09. The Morgan fingerprint density at radius 3 is 2.47 bits per heavy atom. The second-order valence-electron chi connectivity index (χ2n) is 3.01. The fourth-order valence-electron chi connectivity index (χ4n) is 1.10. The summed E-state index contributed by atoms with van der Waals surface area (Å²) in [6.07, 6.45) is 0. The van der Waals surface area contributed by atoms with E-state index in [9.17, 15) is 0 Å². The van der Waals surface area contributed by atoms with Gasteiger partial charge in [-0.1, -0.05) is 42.1 Å². The molecule has 0 aliphatic rings. The van der Waals surface area contributed by atoms with Gasteiger partial charge in [0.05, 0.1) is 0 Å². The van der Waals surface area contributed by atoms with Crippen LogP contribution < -0.4 is 11.5 Å². The van der Waals surface area contributed by atoms with Gasteiger partial charge in [-0.3, -0.25) is 5.41 Å². The minimum atomic E-state index is -0.0761. The number of nitrogens with two attached hydrogens (primary N) is 2. The molecular weight excluding hydrogens is 208 g/mol. The molecule has 15 heavy (non-hydrogen) atoms. The van der Waals surface area contributed by atoms with Crippen molar-refractivity contribution in [1.82, 2.24) is 0 Å². The molecule has 0 bridgehead atoms. The quantitative estimate of drug-likeness (QED) is 0.525. The highest BCUT2D eigenvalue weighted by Gasteiger charge is 2.08. The molecule has 0 saturated carbocycles. The molecule has 0 amide bonds. The second-order valence-corrected chi connectivity index (χ2v) is 4.34. The van der Waals surface area contributed by atoms with Crippen molar-refractivity contribution in [3.8, 4) is 0 Å². The minimum absolute atomic E-state index is 0.0761. The molecule has 1 atom stereocenters. The van der Waals surface area contributed by atoms with E-state index in [0.29, 0.717) is 0 Å². The zero-order valence-electron chi connectivity index (χ0n) is 8.47. The van der Waals surface area contributed by atoms with E-state index >= 15 is 0 Å². The van der Waals surface area contributed by atoms with Crippen molar-refractivity contribution >= 4 is 22.9 Å². The Morgan fingerprint density at radius 2 is 1.93 bits per heavy atom. The predicted molar refractivity (Wildman–Crippen MR) is 66.0 cm³/mol. The third-order valence-corrected chi connectivity index (χ3v) is 2.73. The summed E-state index contributed by atoms with van der Waals surface area (Å²) in [5.74, 6) is -0.0761. The molecule has 1 aromatic rings. The monoisotopic (exact) mass is 222 g/mol. The van der Waals surface area contributed by atoms with E-state index in [-0.39, 0.29) is 16.4 Å². The SMILES string of the molecule is CC(SC(=N)N=C(N)N)c1ccccc1. The Morgan fingerprint density at radius 1 is 1.33 bits per heavy atom. The fraction of sp³-hybridized carbons (Fsp3) is 0.200. The van der Waals surface area contributed by atoms with Crippen molar-refractivity contribution in [2.75, 3.05) is 0 Å². The molecule has 0 saturated heterocycles. The van der Waals surface area contributed by atoms with Crippen molar-refractivity contribution in [2.24, 2.45) is 16.5 Å². The van der Waals surface area contributed by atoms with Gasteiger partial charge in [0.25, 0.3) is 0 Å². The van der Waals surface area contributed by atoms with Gasteiger partial charge in [-0.2, -0.15) is 4.99 Å². The first kappa shape index (κ1) is 11.6. The molecule has 5 N–H and O–H groups in total. The molecule has 80 valence electrons. The van der Waals surface area contributed by atoms with Crippen LogP contribution in [0.1, 0.15) is 17.7 Å². The summed E-state index contributed by atoms with van der Waals surface area (Å²) in [6, 6.07) is 9.93. The maximum Gasteiger partial charge on any atom is 0.193 e. The number of nitrogens with zero attached hydrogens (tertiary/aromatic N) is 1. The number of hydrogen-bond acceptors (Lipinski definition) is 2. The lowest BCUT2D eigenvalue weighted by atomic mass is 10.2. The standard InChI is InChI=1S/C10H14N4S/c1-7(8-5-3-2-4-6-8)15-10(13)14-9(11)12/h2-7H,1H3,(H5,11,12,13,14). The number of thioether (sulfide) groups is 1. The van der Waals surface area contributed by atoms with Crippen LogP contribution in [0, 0.1) is 5.41 Å². The molecule has 0 radical (unpaired) electrons. The average molecular weight is 222 g/mol. The highest BCUT2D eigenvalue weighted by Crippen LogP contribution is 2.28. The number of aliphatic imine (C=N–C) groups is 1. The molecular formula is C10H14N4S. The van der Waals surface area contributed by atoms with Gasteiger partial charge in [-0.05, 0) is 12.5 Å². The first-order valence-electron chi connectivity index (χ1n) is 4.49. The van der Waals surface area contributed by atoms with Crippen molar-refractivity contribution in [3.05, 3.63) is 35.9 Å². The Kier molecular flexibility index (Phi) is 4.17. The summed E-state index contributed by atoms with van der Waals surface area (Å²) in [7, 11) is 0. The van der Waals surface area contributed by atoms with Gasteiger partial charge in [0, 0.05) is 5.25 Å². The van der Waals surface area contributed by atoms with E-state index < -0.39 is 0 Å². The lowest BCUT2D eigenvalue weighted by Crippen LogP contribution is -2.23. The van der Waals surface area contributed by atoms with E-state index in [1.54, 1.807) is 0 Å². The summed E-state index contributed by atoms with van der Waals surface area (Å²) in [4.78, 5) is 3.66. The summed E-state index contributed by atoms with van der Waals surface area (Å²) in [5, 5.41) is 7.81. The Bertz CT molecular complexity index is 357. The first-order valence-corrected chi connectivity index (χ1v) is 5.37. The molecule has 1 rings (SSSR count). The van der Waals surface area contributed by atoms with Crippen molar-refractivity contribution in [3.63, 3.8) is 0 Å². The molecule has 0 spiro atoms. The molecule has 1 aromatic carbocycles. The van der Waals surface area contributed by atoms with E-state index in [0.717, 1.165) is 5.56 Å². The van der Waals surface area contributed by atoms with Gasteiger partial charge in [-0.15, -0.1) is 0 Å². The highest BCUT2D eigenvalue weighted by molar-refractivity contribution is 8.13. The van der Waals surface area contributed by atoms with Crippen LogP contribution in [0.25, 0.3) is 0 Å². The van der Waals surface area contributed by atoms with Crippen LogP contribution >= 0.6 is 11.8 Å². The molecule has 4 nitrogen and oxygen atoms in total. The van der Waals surface area contributed by atoms with Crippen molar-refractivity contribution < 1.29 is 0 Å². The number of rotatable bonds is 2. The van der Waals surface area contributed by atoms with E-state index in [2.05, 4.69) is 4.99 Å². The van der Waals surface area contributed by atoms with Crippen LogP contribution in [0.3, 0.4) is 0 Å². The third-order valence-electron chi connectivity index (χ3n) is 1.79. The third kappa shape index (κ3) is 4.03. The van der Waals surface area contributed by atoms with E-state index in [4.69, 9.17) is 16.9 Å². The zero-order chi connectivity index (χ0) is 11.3. The molecule has 0 aromatic heterocycles. The second kappa shape index (κ2) is 5.41. The van der Waals surface area contributed by atoms with Gasteiger partial charge >= 0.3 is 0 Å². The Balaban J connectivity index is 2.61. The van der Waals surface area contributed by atoms with Crippen LogP contribution in [-0.2, 0) is 0 Å². The Labute approximate surface area is 93.3 Å². The van der Waals surface area contributed by atoms with Crippen LogP contribution in [-0.4, -0.2) is 11.1 Å². The smallest absolute Gasteiger partial charge is 0.193 e. The van der Waals surface area contributed by atoms with Crippen molar-refractivity contribution in [2.45, 2.75) is 12.2 Å². The van der Waals surface area contributed by atoms with Gasteiger partial charge < -0.3 is 11.5 Å². The number of benzene rings is 1. The number of hydrogen-bond donors (Lipinski definition) is 3. The summed E-state index contributed by atoms with van der Waals surface area (Å²) in [5.41, 5.74) is 11.5. The molecule has 0 heterocycles. The zero-order valence-corrected chi connectivity index (χ0v) is 9.29. The summed E-state index contributed by atoms with van der Waals surface area (Å²) >= 11 is 1.32. The van der Waals surface area contributed by atoms with Crippen molar-refractivity contribution in [1.29, 1.82) is 5.41 Å². The van der Waals surface area contributed by atoms with Crippen LogP contribution in [0.5, 0.6) is 0 Å². The first-order chi connectivity index (χ1) is 7.09. The Hall–Kier alpha value is -1.49. The topological polar surface area (TPSA) is 88.2 Å². The molecule has 5 heteroatoms. The van der Waals surface area contributed by atoms with Crippen LogP contribution in [0.4, 0.5) is 0 Å². The minimum Gasteiger partial charge on any atom is -0.370 e. The maximum absolute atomic E-state index is 7.51. The maximum atomic E-state index is 7.51. The molecule has 0 aliphatic heterocycles. The van der Waals surface area contributed by atoms with Gasteiger partial charge in [0.15, 0.2) is 11.1 Å². The number of nitrogens with one attached hydrogen (secondary N) is 1. The molecule has 0 aliphatic carbocycles. The number of amidine groups is 1.